The summed E-state index contributed by atoms with van der Waals surface area (Å²) in [5, 5.41) is 3.36. The molecular formula is C17H25ClN4O2. The van der Waals surface area contributed by atoms with Gasteiger partial charge in [-0.1, -0.05) is 23.7 Å². The SMILES string of the molecule is CCN(CC)C(=O)CN1CCN(C(=O)Nc2ccccc2Cl)CC1. The number of carbonyl (C=O) groups is 2. The molecule has 1 aromatic rings. The second-order valence-corrected chi connectivity index (χ2v) is 6.15. The molecule has 7 heteroatoms. The zero-order valence-electron chi connectivity index (χ0n) is 14.3. The highest BCUT2D eigenvalue weighted by molar-refractivity contribution is 6.33. The van der Waals surface area contributed by atoms with E-state index in [1.54, 1.807) is 17.0 Å². The molecule has 0 aromatic heterocycles. The Hall–Kier alpha value is -1.79. The van der Waals surface area contributed by atoms with Crippen LogP contribution in [-0.2, 0) is 4.79 Å². The molecule has 0 spiro atoms. The lowest BCUT2D eigenvalue weighted by atomic mass is 10.3. The second kappa shape index (κ2) is 8.89. The molecule has 1 fully saturated rings. The van der Waals surface area contributed by atoms with E-state index < -0.39 is 0 Å². The molecule has 1 N–H and O–H groups in total. The van der Waals surface area contributed by atoms with Crippen LogP contribution in [0.4, 0.5) is 10.5 Å². The number of piperazine rings is 1. The van der Waals surface area contributed by atoms with Crippen molar-refractivity contribution in [3.05, 3.63) is 29.3 Å². The van der Waals surface area contributed by atoms with Crippen molar-refractivity contribution < 1.29 is 9.59 Å². The van der Waals surface area contributed by atoms with Gasteiger partial charge in [0.15, 0.2) is 0 Å². The highest BCUT2D eigenvalue weighted by atomic mass is 35.5. The first-order chi connectivity index (χ1) is 11.5. The first-order valence-corrected chi connectivity index (χ1v) is 8.73. The maximum absolute atomic E-state index is 12.3. The molecule has 1 aliphatic heterocycles. The summed E-state index contributed by atoms with van der Waals surface area (Å²) >= 11 is 6.06. The number of anilines is 1. The quantitative estimate of drug-likeness (QED) is 0.885. The monoisotopic (exact) mass is 352 g/mol. The van der Waals surface area contributed by atoms with Gasteiger partial charge in [0.1, 0.15) is 0 Å². The van der Waals surface area contributed by atoms with Gasteiger partial charge in [0.25, 0.3) is 0 Å². The third kappa shape index (κ3) is 4.85. The number of amides is 3. The first-order valence-electron chi connectivity index (χ1n) is 8.35. The Kier molecular flexibility index (Phi) is 6.87. The summed E-state index contributed by atoms with van der Waals surface area (Å²) in [5.74, 6) is 0.147. The molecule has 0 bridgehead atoms. The van der Waals surface area contributed by atoms with Crippen LogP contribution in [0.1, 0.15) is 13.8 Å². The highest BCUT2D eigenvalue weighted by Crippen LogP contribution is 2.21. The average Bonchev–Trinajstić information content (AvgIpc) is 2.58. The fourth-order valence-corrected chi connectivity index (χ4v) is 2.92. The third-order valence-electron chi connectivity index (χ3n) is 4.25. The van der Waals surface area contributed by atoms with Gasteiger partial charge >= 0.3 is 6.03 Å². The lowest BCUT2D eigenvalue weighted by Gasteiger charge is -2.35. The molecule has 0 aliphatic carbocycles. The number of benzene rings is 1. The number of nitrogens with one attached hydrogen (secondary N) is 1. The van der Waals surface area contributed by atoms with Crippen molar-refractivity contribution in [1.82, 2.24) is 14.7 Å². The summed E-state index contributed by atoms with van der Waals surface area (Å²) in [5.41, 5.74) is 0.614. The lowest BCUT2D eigenvalue weighted by molar-refractivity contribution is -0.132. The van der Waals surface area contributed by atoms with Crippen molar-refractivity contribution in [3.63, 3.8) is 0 Å². The Bertz CT molecular complexity index is 569. The summed E-state index contributed by atoms with van der Waals surface area (Å²) in [4.78, 5) is 30.1. The molecule has 3 amide bonds. The first kappa shape index (κ1) is 18.5. The van der Waals surface area contributed by atoms with E-state index in [1.165, 1.54) is 0 Å². The molecule has 6 nitrogen and oxygen atoms in total. The molecule has 1 heterocycles. The van der Waals surface area contributed by atoms with E-state index in [0.29, 0.717) is 43.4 Å². The van der Waals surface area contributed by atoms with Crippen molar-refractivity contribution in [2.45, 2.75) is 13.8 Å². The number of rotatable bonds is 5. The zero-order valence-corrected chi connectivity index (χ0v) is 15.1. The van der Waals surface area contributed by atoms with Gasteiger partial charge in [-0.15, -0.1) is 0 Å². The van der Waals surface area contributed by atoms with E-state index in [1.807, 2.05) is 30.9 Å². The van der Waals surface area contributed by atoms with Gasteiger partial charge in [0.05, 0.1) is 17.3 Å². The number of likely N-dealkylation sites (N-methyl/N-ethyl adjacent to an activating group) is 1. The van der Waals surface area contributed by atoms with Gasteiger partial charge in [-0.25, -0.2) is 4.79 Å². The van der Waals surface area contributed by atoms with Gasteiger partial charge in [-0.3, -0.25) is 9.69 Å². The van der Waals surface area contributed by atoms with Crippen LogP contribution in [-0.4, -0.2) is 72.5 Å². The smallest absolute Gasteiger partial charge is 0.321 e. The zero-order chi connectivity index (χ0) is 17.5. The third-order valence-corrected chi connectivity index (χ3v) is 4.58. The van der Waals surface area contributed by atoms with Crippen molar-refractivity contribution in [2.75, 3.05) is 51.1 Å². The van der Waals surface area contributed by atoms with Crippen molar-refractivity contribution in [1.29, 1.82) is 0 Å². The van der Waals surface area contributed by atoms with Crippen LogP contribution in [0.25, 0.3) is 0 Å². The summed E-state index contributed by atoms with van der Waals surface area (Å²) in [6.07, 6.45) is 0. The van der Waals surface area contributed by atoms with Gasteiger partial charge in [-0.05, 0) is 26.0 Å². The van der Waals surface area contributed by atoms with Gasteiger partial charge in [0.2, 0.25) is 5.91 Å². The van der Waals surface area contributed by atoms with Gasteiger partial charge < -0.3 is 15.1 Å². The highest BCUT2D eigenvalue weighted by Gasteiger charge is 2.23. The predicted molar refractivity (Wildman–Crippen MR) is 96.4 cm³/mol. The molecule has 24 heavy (non-hydrogen) atoms. The van der Waals surface area contributed by atoms with Crippen LogP contribution in [0, 0.1) is 0 Å². The van der Waals surface area contributed by atoms with Crippen LogP contribution in [0.2, 0.25) is 5.02 Å². The van der Waals surface area contributed by atoms with E-state index >= 15 is 0 Å². The van der Waals surface area contributed by atoms with E-state index in [2.05, 4.69) is 10.2 Å². The maximum atomic E-state index is 12.3. The van der Waals surface area contributed by atoms with Gasteiger partial charge in [0, 0.05) is 39.3 Å². The fourth-order valence-electron chi connectivity index (χ4n) is 2.73. The molecule has 1 aliphatic rings. The van der Waals surface area contributed by atoms with Crippen molar-refractivity contribution in [3.8, 4) is 0 Å². The normalized spacial score (nSPS) is 15.2. The second-order valence-electron chi connectivity index (χ2n) is 5.74. The standard InChI is InChI=1S/C17H25ClN4O2/c1-3-21(4-2)16(23)13-20-9-11-22(12-10-20)17(24)19-15-8-6-5-7-14(15)18/h5-8H,3-4,9-13H2,1-2H3,(H,19,24). The minimum Gasteiger partial charge on any atom is -0.342 e. The molecular weight excluding hydrogens is 328 g/mol. The minimum absolute atomic E-state index is 0.147. The number of hydrogen-bond acceptors (Lipinski definition) is 3. The average molecular weight is 353 g/mol. The molecule has 132 valence electrons. The molecule has 1 saturated heterocycles. The molecule has 2 rings (SSSR count). The Morgan fingerprint density at radius 2 is 1.75 bits per heavy atom. The molecule has 1 aromatic carbocycles. The van der Waals surface area contributed by atoms with Crippen LogP contribution < -0.4 is 5.32 Å². The van der Waals surface area contributed by atoms with Crippen molar-refractivity contribution in [2.24, 2.45) is 0 Å². The molecule has 0 radical (unpaired) electrons. The van der Waals surface area contributed by atoms with E-state index in [9.17, 15) is 9.59 Å². The van der Waals surface area contributed by atoms with E-state index in [-0.39, 0.29) is 11.9 Å². The number of para-hydroxylation sites is 1. The number of urea groups is 1. The summed E-state index contributed by atoms with van der Waals surface area (Å²) in [6, 6.07) is 7.02. The number of halogens is 1. The predicted octanol–water partition coefficient (Wildman–Crippen LogP) is 2.36. The van der Waals surface area contributed by atoms with E-state index in [0.717, 1.165) is 13.1 Å². The van der Waals surface area contributed by atoms with Crippen LogP contribution in [0.15, 0.2) is 24.3 Å². The molecule has 0 unspecified atom stereocenters. The molecule has 0 atom stereocenters. The largest absolute Gasteiger partial charge is 0.342 e. The Balaban J connectivity index is 1.81. The van der Waals surface area contributed by atoms with Crippen LogP contribution in [0.3, 0.4) is 0 Å². The van der Waals surface area contributed by atoms with Crippen LogP contribution in [0.5, 0.6) is 0 Å². The Labute approximate surface area is 148 Å². The van der Waals surface area contributed by atoms with Gasteiger partial charge in [-0.2, -0.15) is 0 Å². The Morgan fingerprint density at radius 3 is 2.33 bits per heavy atom. The number of carbonyl (C=O) groups excluding carboxylic acids is 2. The topological polar surface area (TPSA) is 55.9 Å². The maximum Gasteiger partial charge on any atom is 0.321 e. The fraction of sp³-hybridized carbons (Fsp3) is 0.529. The lowest BCUT2D eigenvalue weighted by Crippen LogP contribution is -2.52. The number of nitrogens with zero attached hydrogens (tertiary/aromatic N) is 3. The van der Waals surface area contributed by atoms with E-state index in [4.69, 9.17) is 11.6 Å². The minimum atomic E-state index is -0.155. The number of hydrogen-bond donors (Lipinski definition) is 1. The van der Waals surface area contributed by atoms with Crippen molar-refractivity contribution >= 4 is 29.2 Å². The Morgan fingerprint density at radius 1 is 1.12 bits per heavy atom. The summed E-state index contributed by atoms with van der Waals surface area (Å²) in [6.45, 7) is 8.44. The summed E-state index contributed by atoms with van der Waals surface area (Å²) < 4.78 is 0. The van der Waals surface area contributed by atoms with Crippen LogP contribution >= 0.6 is 11.6 Å². The molecule has 0 saturated carbocycles. The summed E-state index contributed by atoms with van der Waals surface area (Å²) in [7, 11) is 0.